The zero-order chi connectivity index (χ0) is 16.2. The van der Waals surface area contributed by atoms with Gasteiger partial charge in [-0.3, -0.25) is 9.59 Å². The van der Waals surface area contributed by atoms with Crippen molar-refractivity contribution in [2.45, 2.75) is 24.2 Å². The van der Waals surface area contributed by atoms with Gasteiger partial charge in [-0.25, -0.2) is 4.98 Å². The Kier molecular flexibility index (Phi) is 4.97. The molecule has 0 unspecified atom stereocenters. The van der Waals surface area contributed by atoms with E-state index in [2.05, 4.69) is 17.2 Å². The number of hydrogen-bond donors (Lipinski definition) is 1. The normalized spacial score (nSPS) is 14.4. The number of carbonyl (C=O) groups is 2. The van der Waals surface area contributed by atoms with Crippen molar-refractivity contribution in [1.29, 1.82) is 0 Å². The molecular formula is C16H17N3O2S2. The second-order valence-corrected chi connectivity index (χ2v) is 7.54. The van der Waals surface area contributed by atoms with Crippen molar-refractivity contribution in [3.8, 4) is 0 Å². The third kappa shape index (κ3) is 3.73. The largest absolute Gasteiger partial charge is 0.324 e. The first-order chi connectivity index (χ1) is 11.2. The highest BCUT2D eigenvalue weighted by molar-refractivity contribution is 8.01. The first-order valence-electron chi connectivity index (χ1n) is 7.44. The van der Waals surface area contributed by atoms with Crippen LogP contribution in [0.3, 0.4) is 0 Å². The summed E-state index contributed by atoms with van der Waals surface area (Å²) >= 11 is 2.97. The van der Waals surface area contributed by atoms with Gasteiger partial charge in [0.2, 0.25) is 5.91 Å². The second-order valence-electron chi connectivity index (χ2n) is 5.20. The van der Waals surface area contributed by atoms with Crippen LogP contribution in [0.2, 0.25) is 0 Å². The lowest BCUT2D eigenvalue weighted by Gasteiger charge is -2.19. The molecule has 2 aromatic rings. The molecule has 120 valence electrons. The van der Waals surface area contributed by atoms with Crippen molar-refractivity contribution < 1.29 is 9.59 Å². The Labute approximate surface area is 143 Å². The minimum absolute atomic E-state index is 0.0498. The molecule has 1 N–H and O–H groups in total. The van der Waals surface area contributed by atoms with Crippen LogP contribution in [0.5, 0.6) is 0 Å². The summed E-state index contributed by atoms with van der Waals surface area (Å²) in [5.74, 6) is 1.01. The molecule has 1 aromatic heterocycles. The smallest absolute Gasteiger partial charge is 0.268 e. The summed E-state index contributed by atoms with van der Waals surface area (Å²) in [4.78, 5) is 31.3. The molecule has 7 heteroatoms. The summed E-state index contributed by atoms with van der Waals surface area (Å²) in [5.41, 5.74) is 1.00. The molecule has 0 spiro atoms. The molecule has 1 aliphatic rings. The highest BCUT2D eigenvalue weighted by Gasteiger charge is 2.29. The quantitative estimate of drug-likeness (QED) is 0.844. The predicted octanol–water partition coefficient (Wildman–Crippen LogP) is 3.24. The number of nitrogens with one attached hydrogen (secondary N) is 1. The fraction of sp³-hybridized carbons (Fsp3) is 0.312. The SMILES string of the molecule is CCCSc1nc2c(s1)C(=O)N(Cc1ccccc1)CC(=O)N2. The van der Waals surface area contributed by atoms with Crippen molar-refractivity contribution >= 4 is 40.7 Å². The Morgan fingerprint density at radius 2 is 2.09 bits per heavy atom. The molecule has 23 heavy (non-hydrogen) atoms. The fourth-order valence-corrected chi connectivity index (χ4v) is 4.26. The van der Waals surface area contributed by atoms with Crippen molar-refractivity contribution in [2.24, 2.45) is 0 Å². The van der Waals surface area contributed by atoms with Gasteiger partial charge in [-0.2, -0.15) is 0 Å². The van der Waals surface area contributed by atoms with Crippen molar-refractivity contribution in [3.05, 3.63) is 40.8 Å². The first-order valence-corrected chi connectivity index (χ1v) is 9.24. The standard InChI is InChI=1S/C16H17N3O2S2/c1-2-8-22-16-18-14-13(23-16)15(21)19(10-12(20)17-14)9-11-6-4-3-5-7-11/h3-7H,2,8-10H2,1H3,(H,17,20). The van der Waals surface area contributed by atoms with E-state index in [-0.39, 0.29) is 18.4 Å². The Balaban J connectivity index is 1.85. The van der Waals surface area contributed by atoms with Gasteiger partial charge < -0.3 is 10.2 Å². The predicted molar refractivity (Wildman–Crippen MR) is 92.9 cm³/mol. The molecule has 0 bridgehead atoms. The van der Waals surface area contributed by atoms with E-state index in [9.17, 15) is 9.59 Å². The maximum absolute atomic E-state index is 12.8. The Morgan fingerprint density at radius 3 is 2.83 bits per heavy atom. The number of aromatic nitrogens is 1. The minimum atomic E-state index is -0.203. The Hall–Kier alpha value is -1.86. The highest BCUT2D eigenvalue weighted by Crippen LogP contribution is 2.33. The lowest BCUT2D eigenvalue weighted by molar-refractivity contribution is -0.116. The van der Waals surface area contributed by atoms with E-state index in [0.29, 0.717) is 17.2 Å². The number of nitrogens with zero attached hydrogens (tertiary/aromatic N) is 2. The number of carbonyl (C=O) groups excluding carboxylic acids is 2. The number of benzene rings is 1. The van der Waals surface area contributed by atoms with Crippen molar-refractivity contribution in [1.82, 2.24) is 9.88 Å². The molecule has 0 fully saturated rings. The summed E-state index contributed by atoms with van der Waals surface area (Å²) in [5, 5.41) is 2.75. The van der Waals surface area contributed by atoms with E-state index < -0.39 is 0 Å². The number of thioether (sulfide) groups is 1. The van der Waals surface area contributed by atoms with Crippen LogP contribution in [0.1, 0.15) is 28.6 Å². The van der Waals surface area contributed by atoms with Gasteiger partial charge in [0.05, 0.1) is 0 Å². The van der Waals surface area contributed by atoms with E-state index in [1.54, 1.807) is 16.7 Å². The molecular weight excluding hydrogens is 330 g/mol. The van der Waals surface area contributed by atoms with E-state index in [1.807, 2.05) is 30.3 Å². The van der Waals surface area contributed by atoms with Crippen LogP contribution in [0.4, 0.5) is 5.82 Å². The van der Waals surface area contributed by atoms with Crippen LogP contribution in [0.25, 0.3) is 0 Å². The van der Waals surface area contributed by atoms with Gasteiger partial charge in [0.1, 0.15) is 11.4 Å². The van der Waals surface area contributed by atoms with Crippen LogP contribution in [0.15, 0.2) is 34.7 Å². The van der Waals surface area contributed by atoms with Crippen LogP contribution >= 0.6 is 23.1 Å². The van der Waals surface area contributed by atoms with E-state index >= 15 is 0 Å². The molecule has 0 saturated heterocycles. The third-order valence-corrected chi connectivity index (χ3v) is 5.72. The molecule has 2 amide bonds. The van der Waals surface area contributed by atoms with Gasteiger partial charge in [0, 0.05) is 12.3 Å². The van der Waals surface area contributed by atoms with E-state index in [0.717, 1.165) is 22.1 Å². The number of hydrogen-bond acceptors (Lipinski definition) is 5. The van der Waals surface area contributed by atoms with Gasteiger partial charge in [-0.15, -0.1) is 11.3 Å². The molecule has 1 aliphatic heterocycles. The van der Waals surface area contributed by atoms with E-state index in [1.165, 1.54) is 11.3 Å². The summed E-state index contributed by atoms with van der Waals surface area (Å²) in [6.07, 6.45) is 1.04. The fourth-order valence-electron chi connectivity index (χ4n) is 2.27. The molecule has 3 rings (SSSR count). The second kappa shape index (κ2) is 7.14. The van der Waals surface area contributed by atoms with Crippen LogP contribution < -0.4 is 5.32 Å². The molecule has 2 heterocycles. The number of thiazole rings is 1. The highest BCUT2D eigenvalue weighted by atomic mass is 32.2. The van der Waals surface area contributed by atoms with Crippen LogP contribution in [0, 0.1) is 0 Å². The number of anilines is 1. The minimum Gasteiger partial charge on any atom is -0.324 e. The van der Waals surface area contributed by atoms with Gasteiger partial charge in [0.15, 0.2) is 10.2 Å². The Morgan fingerprint density at radius 1 is 1.30 bits per heavy atom. The molecule has 0 saturated carbocycles. The van der Waals surface area contributed by atoms with Crippen LogP contribution in [-0.4, -0.2) is 34.0 Å². The summed E-state index contributed by atoms with van der Waals surface area (Å²) < 4.78 is 0.826. The van der Waals surface area contributed by atoms with Crippen molar-refractivity contribution in [2.75, 3.05) is 17.6 Å². The topological polar surface area (TPSA) is 62.3 Å². The monoisotopic (exact) mass is 347 g/mol. The lowest BCUT2D eigenvalue weighted by atomic mass is 10.2. The summed E-state index contributed by atoms with van der Waals surface area (Å²) in [6.45, 7) is 2.57. The maximum atomic E-state index is 12.8. The molecule has 1 aromatic carbocycles. The molecule has 0 atom stereocenters. The van der Waals surface area contributed by atoms with Gasteiger partial charge in [0.25, 0.3) is 5.91 Å². The third-order valence-electron chi connectivity index (χ3n) is 3.33. The Bertz CT molecular complexity index is 715. The lowest BCUT2D eigenvalue weighted by Crippen LogP contribution is -2.34. The van der Waals surface area contributed by atoms with E-state index in [4.69, 9.17) is 0 Å². The number of rotatable bonds is 5. The molecule has 0 aliphatic carbocycles. The molecule has 0 radical (unpaired) electrons. The van der Waals surface area contributed by atoms with Crippen molar-refractivity contribution in [3.63, 3.8) is 0 Å². The zero-order valence-electron chi connectivity index (χ0n) is 12.7. The average Bonchev–Trinajstić information content (AvgIpc) is 2.90. The van der Waals surface area contributed by atoms with Gasteiger partial charge in [-0.05, 0) is 12.0 Å². The van der Waals surface area contributed by atoms with Gasteiger partial charge in [-0.1, -0.05) is 49.0 Å². The molecule has 5 nitrogen and oxygen atoms in total. The summed E-state index contributed by atoms with van der Waals surface area (Å²) in [7, 11) is 0. The van der Waals surface area contributed by atoms with Gasteiger partial charge >= 0.3 is 0 Å². The van der Waals surface area contributed by atoms with Crippen LogP contribution in [-0.2, 0) is 11.3 Å². The summed E-state index contributed by atoms with van der Waals surface area (Å²) in [6, 6.07) is 9.68. The zero-order valence-corrected chi connectivity index (χ0v) is 14.4. The maximum Gasteiger partial charge on any atom is 0.268 e. The first kappa shape index (κ1) is 16.0. The average molecular weight is 347 g/mol. The number of fused-ring (bicyclic) bond motifs is 1. The number of amides is 2.